The fourth-order valence-electron chi connectivity index (χ4n) is 3.55. The number of aliphatic hydroxyl groups excluding tert-OH is 12. The second kappa shape index (κ2) is 27.7. The number of aliphatic hydroxyl groups is 12. The maximum absolute atomic E-state index is 9.80. The van der Waals surface area contributed by atoms with Crippen molar-refractivity contribution < 1.29 is 70.8 Å². The van der Waals surface area contributed by atoms with E-state index < -0.39 is 74.3 Å². The van der Waals surface area contributed by atoms with Crippen LogP contribution in [-0.2, 0) is 9.47 Å². The maximum atomic E-state index is 9.80. The van der Waals surface area contributed by atoms with E-state index in [1.165, 1.54) is 0 Å². The average Bonchev–Trinajstić information content (AvgIpc) is 2.99. The van der Waals surface area contributed by atoms with Crippen LogP contribution in [0.4, 0.5) is 0 Å². The van der Waals surface area contributed by atoms with Crippen molar-refractivity contribution in [1.29, 1.82) is 0 Å². The van der Waals surface area contributed by atoms with Crippen LogP contribution < -0.4 is 5.32 Å². The molecule has 0 radical (unpaired) electrons. The molecule has 0 aliphatic heterocycles. The summed E-state index contributed by atoms with van der Waals surface area (Å²) in [7, 11) is 1.64. The summed E-state index contributed by atoms with van der Waals surface area (Å²) in [5, 5.41) is 115. The van der Waals surface area contributed by atoms with Gasteiger partial charge in [-0.2, -0.15) is 0 Å². The first kappa shape index (κ1) is 44.5. The molecule has 0 aromatic rings. The summed E-state index contributed by atoms with van der Waals surface area (Å²) in [5.74, 6) is 0. The summed E-state index contributed by atoms with van der Waals surface area (Å²) in [6.07, 6.45) is -9.76. The van der Waals surface area contributed by atoms with E-state index in [0.717, 1.165) is 25.7 Å². The molecule has 0 heterocycles. The molecule has 0 aromatic carbocycles. The molecule has 0 rings (SSSR count). The average molecular weight is 637 g/mol. The zero-order chi connectivity index (χ0) is 33.4. The normalized spacial score (nSPS) is 19.0. The fourth-order valence-corrected chi connectivity index (χ4v) is 3.55. The van der Waals surface area contributed by atoms with Crippen LogP contribution >= 0.6 is 0 Å². The van der Waals surface area contributed by atoms with Crippen LogP contribution in [-0.4, -0.2) is 200 Å². The standard InChI is InChI=1S/C14H31NO7.C13H29NO7/c1-3-4-5-22-9-10(17)6-15(2)7-11(18)13(20)14(21)12(19)8-16;1-2-3-4-21-8-9(16)5-14-6-10(17)12(19)13(20)11(18)7-15/h10-14,16-21H,3-9H2,1-2H3;9-20H,2-8H2,1H3. The first-order valence-electron chi connectivity index (χ1n) is 14.8. The summed E-state index contributed by atoms with van der Waals surface area (Å²) in [6.45, 7) is 4.49. The van der Waals surface area contributed by atoms with E-state index in [-0.39, 0.29) is 39.4 Å². The highest BCUT2D eigenvalue weighted by Gasteiger charge is 2.31. The van der Waals surface area contributed by atoms with E-state index in [9.17, 15) is 46.0 Å². The van der Waals surface area contributed by atoms with E-state index in [1.54, 1.807) is 11.9 Å². The predicted octanol–water partition coefficient (Wildman–Crippen LogP) is -5.28. The van der Waals surface area contributed by atoms with Crippen LogP contribution in [0.2, 0.25) is 0 Å². The molecule has 10 unspecified atom stereocenters. The van der Waals surface area contributed by atoms with Gasteiger partial charge in [0.25, 0.3) is 0 Å². The maximum Gasteiger partial charge on any atom is 0.111 e. The van der Waals surface area contributed by atoms with Crippen molar-refractivity contribution in [3.05, 3.63) is 0 Å². The number of ether oxygens (including phenoxy) is 2. The largest absolute Gasteiger partial charge is 0.394 e. The molecule has 43 heavy (non-hydrogen) atoms. The summed E-state index contributed by atoms with van der Waals surface area (Å²) >= 11 is 0. The minimum absolute atomic E-state index is 0.0115. The Morgan fingerprint density at radius 3 is 1.42 bits per heavy atom. The molecule has 16 nitrogen and oxygen atoms in total. The van der Waals surface area contributed by atoms with Gasteiger partial charge >= 0.3 is 0 Å². The van der Waals surface area contributed by atoms with Gasteiger partial charge in [-0.05, 0) is 19.9 Å². The van der Waals surface area contributed by atoms with Crippen LogP contribution in [0.25, 0.3) is 0 Å². The topological polar surface area (TPSA) is 276 Å². The van der Waals surface area contributed by atoms with Crippen LogP contribution in [0.3, 0.4) is 0 Å². The van der Waals surface area contributed by atoms with Crippen LogP contribution in [0.5, 0.6) is 0 Å². The quantitative estimate of drug-likeness (QED) is 0.0395. The van der Waals surface area contributed by atoms with E-state index in [0.29, 0.717) is 13.2 Å². The molecule has 16 heteroatoms. The Morgan fingerprint density at radius 1 is 0.558 bits per heavy atom. The fraction of sp³-hybridized carbons (Fsp3) is 1.00. The van der Waals surface area contributed by atoms with E-state index in [4.69, 9.17) is 24.8 Å². The van der Waals surface area contributed by atoms with Gasteiger partial charge in [-0.1, -0.05) is 26.7 Å². The summed E-state index contributed by atoms with van der Waals surface area (Å²) in [5.41, 5.74) is 0. The van der Waals surface area contributed by atoms with Crippen molar-refractivity contribution in [2.24, 2.45) is 0 Å². The number of nitrogens with one attached hydrogen (secondary N) is 1. The van der Waals surface area contributed by atoms with Gasteiger partial charge in [0, 0.05) is 39.4 Å². The second-order valence-electron chi connectivity index (χ2n) is 10.6. The first-order valence-corrected chi connectivity index (χ1v) is 14.8. The highest BCUT2D eigenvalue weighted by atomic mass is 16.5. The third-order valence-electron chi connectivity index (χ3n) is 6.31. The number of unbranched alkanes of at least 4 members (excludes halogenated alkanes) is 2. The lowest BCUT2D eigenvalue weighted by Gasteiger charge is -2.29. The SMILES string of the molecule is CCCCOCC(O)CN(C)CC(O)C(O)C(O)C(O)CO.CCCCOCC(O)CNCC(O)C(O)C(O)C(O)CO. The molecule has 13 N–H and O–H groups in total. The number of hydrogen-bond acceptors (Lipinski definition) is 16. The molecule has 0 amide bonds. The Kier molecular flexibility index (Phi) is 28.6. The Morgan fingerprint density at radius 2 is 0.977 bits per heavy atom. The molecule has 0 saturated heterocycles. The van der Waals surface area contributed by atoms with Crippen molar-refractivity contribution in [2.45, 2.75) is 101 Å². The third-order valence-corrected chi connectivity index (χ3v) is 6.31. The molecule has 0 spiro atoms. The summed E-state index contributed by atoms with van der Waals surface area (Å²) in [4.78, 5) is 1.58. The molecule has 0 aliphatic rings. The van der Waals surface area contributed by atoms with Gasteiger partial charge in [0.2, 0.25) is 0 Å². The lowest BCUT2D eigenvalue weighted by Crippen LogP contribution is -2.50. The zero-order valence-corrected chi connectivity index (χ0v) is 25.8. The van der Waals surface area contributed by atoms with Crippen LogP contribution in [0.15, 0.2) is 0 Å². The van der Waals surface area contributed by atoms with Gasteiger partial charge in [-0.15, -0.1) is 0 Å². The Hall–Kier alpha value is -0.640. The van der Waals surface area contributed by atoms with Gasteiger partial charge in [-0.25, -0.2) is 0 Å². The number of hydrogen-bond donors (Lipinski definition) is 13. The third kappa shape index (κ3) is 22.5. The molecular formula is C27H60N2O14. The van der Waals surface area contributed by atoms with Gasteiger partial charge in [0.05, 0.1) is 50.8 Å². The van der Waals surface area contributed by atoms with Gasteiger partial charge in [0.1, 0.15) is 36.6 Å². The van der Waals surface area contributed by atoms with E-state index in [2.05, 4.69) is 5.32 Å². The Bertz CT molecular complexity index is 614. The molecule has 0 aliphatic carbocycles. The lowest BCUT2D eigenvalue weighted by molar-refractivity contribution is -0.119. The zero-order valence-electron chi connectivity index (χ0n) is 25.8. The van der Waals surface area contributed by atoms with E-state index >= 15 is 0 Å². The first-order chi connectivity index (χ1) is 20.3. The van der Waals surface area contributed by atoms with Gasteiger partial charge in [-0.3, -0.25) is 0 Å². The highest BCUT2D eigenvalue weighted by molar-refractivity contribution is 4.83. The molecule has 0 bridgehead atoms. The van der Waals surface area contributed by atoms with Crippen LogP contribution in [0, 0.1) is 0 Å². The van der Waals surface area contributed by atoms with Crippen molar-refractivity contribution in [3.63, 3.8) is 0 Å². The molecule has 10 atom stereocenters. The minimum atomic E-state index is -1.64. The summed E-state index contributed by atoms with van der Waals surface area (Å²) < 4.78 is 10.5. The monoisotopic (exact) mass is 636 g/mol. The number of likely N-dealkylation sites (N-methyl/N-ethyl adjacent to an activating group) is 1. The smallest absolute Gasteiger partial charge is 0.111 e. The Labute approximate surface area is 254 Å². The highest BCUT2D eigenvalue weighted by Crippen LogP contribution is 2.07. The van der Waals surface area contributed by atoms with Gasteiger partial charge in [0.15, 0.2) is 0 Å². The minimum Gasteiger partial charge on any atom is -0.394 e. The van der Waals surface area contributed by atoms with Crippen LogP contribution in [0.1, 0.15) is 39.5 Å². The molecule has 0 aromatic heterocycles. The molecular weight excluding hydrogens is 576 g/mol. The van der Waals surface area contributed by atoms with Crippen molar-refractivity contribution >= 4 is 0 Å². The van der Waals surface area contributed by atoms with E-state index in [1.807, 2.05) is 13.8 Å². The molecule has 0 saturated carbocycles. The second-order valence-corrected chi connectivity index (χ2v) is 10.6. The lowest BCUT2D eigenvalue weighted by atomic mass is 10.0. The summed E-state index contributed by atoms with van der Waals surface area (Å²) in [6, 6.07) is 0. The molecule has 262 valence electrons. The number of rotatable bonds is 26. The van der Waals surface area contributed by atoms with Crippen molar-refractivity contribution in [1.82, 2.24) is 10.2 Å². The molecule has 0 fully saturated rings. The van der Waals surface area contributed by atoms with Gasteiger partial charge < -0.3 is 81.0 Å². The Balaban J connectivity index is 0. The van der Waals surface area contributed by atoms with Crippen molar-refractivity contribution in [3.8, 4) is 0 Å². The number of nitrogens with zero attached hydrogens (tertiary/aromatic N) is 1. The predicted molar refractivity (Wildman–Crippen MR) is 156 cm³/mol. The van der Waals surface area contributed by atoms with Crippen molar-refractivity contribution in [2.75, 3.05) is 72.9 Å².